The molecule has 2 aromatic rings. The Morgan fingerprint density at radius 2 is 2.04 bits per heavy atom. The van der Waals surface area contributed by atoms with E-state index in [1.165, 1.54) is 0 Å². The molecule has 3 rings (SSSR count). The van der Waals surface area contributed by atoms with Crippen molar-refractivity contribution in [1.82, 2.24) is 0 Å². The van der Waals surface area contributed by atoms with Gasteiger partial charge in [-0.25, -0.2) is 0 Å². The van der Waals surface area contributed by atoms with Crippen molar-refractivity contribution < 1.29 is 14.3 Å². The SMILES string of the molecule is COc1ccc2c(c1)CC(C(=O)Nc1cc(C)ccc1C)CO2. The third-order valence-electron chi connectivity index (χ3n) is 4.20. The lowest BCUT2D eigenvalue weighted by Gasteiger charge is -2.25. The van der Waals surface area contributed by atoms with Crippen molar-refractivity contribution in [1.29, 1.82) is 0 Å². The number of hydrogen-bond acceptors (Lipinski definition) is 3. The smallest absolute Gasteiger partial charge is 0.231 e. The van der Waals surface area contributed by atoms with E-state index in [-0.39, 0.29) is 11.8 Å². The fraction of sp³-hybridized carbons (Fsp3) is 0.316. The van der Waals surface area contributed by atoms with Crippen molar-refractivity contribution in [2.75, 3.05) is 19.0 Å². The molecular weight excluding hydrogens is 290 g/mol. The lowest BCUT2D eigenvalue weighted by Crippen LogP contribution is -2.32. The third-order valence-corrected chi connectivity index (χ3v) is 4.20. The average Bonchev–Trinajstić information content (AvgIpc) is 2.57. The third kappa shape index (κ3) is 3.31. The number of fused-ring (bicyclic) bond motifs is 1. The largest absolute Gasteiger partial charge is 0.497 e. The van der Waals surface area contributed by atoms with Crippen LogP contribution >= 0.6 is 0 Å². The van der Waals surface area contributed by atoms with E-state index >= 15 is 0 Å². The van der Waals surface area contributed by atoms with Crippen molar-refractivity contribution in [3.05, 3.63) is 53.1 Å². The highest BCUT2D eigenvalue weighted by molar-refractivity contribution is 5.93. The predicted octanol–water partition coefficient (Wildman–Crippen LogP) is 3.50. The van der Waals surface area contributed by atoms with Crippen molar-refractivity contribution in [2.45, 2.75) is 20.3 Å². The summed E-state index contributed by atoms with van der Waals surface area (Å²) >= 11 is 0. The van der Waals surface area contributed by atoms with E-state index in [0.29, 0.717) is 13.0 Å². The molecule has 0 fully saturated rings. The molecule has 0 aliphatic carbocycles. The molecule has 23 heavy (non-hydrogen) atoms. The molecular formula is C19H21NO3. The van der Waals surface area contributed by atoms with Crippen LogP contribution in [0, 0.1) is 19.8 Å². The highest BCUT2D eigenvalue weighted by Gasteiger charge is 2.26. The highest BCUT2D eigenvalue weighted by atomic mass is 16.5. The molecule has 2 aromatic carbocycles. The molecule has 0 saturated heterocycles. The van der Waals surface area contributed by atoms with Crippen LogP contribution in [0.2, 0.25) is 0 Å². The molecule has 1 aliphatic heterocycles. The number of hydrogen-bond donors (Lipinski definition) is 1. The molecule has 0 radical (unpaired) electrons. The zero-order valence-corrected chi connectivity index (χ0v) is 13.7. The van der Waals surface area contributed by atoms with Gasteiger partial charge in [0.1, 0.15) is 18.1 Å². The summed E-state index contributed by atoms with van der Waals surface area (Å²) < 4.78 is 11.0. The zero-order chi connectivity index (χ0) is 16.4. The summed E-state index contributed by atoms with van der Waals surface area (Å²) in [7, 11) is 1.64. The van der Waals surface area contributed by atoms with Gasteiger partial charge in [-0.15, -0.1) is 0 Å². The van der Waals surface area contributed by atoms with Crippen molar-refractivity contribution >= 4 is 11.6 Å². The molecule has 0 spiro atoms. The monoisotopic (exact) mass is 311 g/mol. The lowest BCUT2D eigenvalue weighted by molar-refractivity contribution is -0.121. The molecule has 1 aliphatic rings. The number of carbonyl (C=O) groups is 1. The molecule has 4 nitrogen and oxygen atoms in total. The van der Waals surface area contributed by atoms with E-state index in [1.807, 2.05) is 50.2 Å². The van der Waals surface area contributed by atoms with Gasteiger partial charge in [-0.3, -0.25) is 4.79 Å². The fourth-order valence-corrected chi connectivity index (χ4v) is 2.77. The van der Waals surface area contributed by atoms with Crippen molar-refractivity contribution in [3.8, 4) is 11.5 Å². The molecule has 0 bridgehead atoms. The first-order chi connectivity index (χ1) is 11.1. The van der Waals surface area contributed by atoms with Crippen LogP contribution < -0.4 is 14.8 Å². The van der Waals surface area contributed by atoms with E-state index in [4.69, 9.17) is 9.47 Å². The minimum atomic E-state index is -0.200. The second-order valence-corrected chi connectivity index (χ2v) is 5.99. The molecule has 1 amide bonds. The van der Waals surface area contributed by atoms with Crippen LogP contribution in [0.4, 0.5) is 5.69 Å². The van der Waals surface area contributed by atoms with E-state index < -0.39 is 0 Å². The second-order valence-electron chi connectivity index (χ2n) is 5.99. The summed E-state index contributed by atoms with van der Waals surface area (Å²) in [5, 5.41) is 3.03. The summed E-state index contributed by atoms with van der Waals surface area (Å²) in [6.45, 7) is 4.41. The molecule has 1 N–H and O–H groups in total. The standard InChI is InChI=1S/C19H21NO3/c1-12-4-5-13(2)17(8-12)20-19(21)15-9-14-10-16(22-3)6-7-18(14)23-11-15/h4-8,10,15H,9,11H2,1-3H3,(H,20,21). The Bertz CT molecular complexity index is 739. The first-order valence-electron chi connectivity index (χ1n) is 7.74. The fourth-order valence-electron chi connectivity index (χ4n) is 2.77. The average molecular weight is 311 g/mol. The zero-order valence-electron chi connectivity index (χ0n) is 13.7. The number of aryl methyl sites for hydroxylation is 2. The number of carbonyl (C=O) groups excluding carboxylic acids is 1. The van der Waals surface area contributed by atoms with Gasteiger partial charge in [0, 0.05) is 5.69 Å². The number of amides is 1. The maximum absolute atomic E-state index is 12.6. The first-order valence-corrected chi connectivity index (χ1v) is 7.74. The number of nitrogens with one attached hydrogen (secondary N) is 1. The minimum absolute atomic E-state index is 0.00725. The van der Waals surface area contributed by atoms with E-state index in [9.17, 15) is 4.79 Å². The number of rotatable bonds is 3. The number of ether oxygens (including phenoxy) is 2. The van der Waals surface area contributed by atoms with Crippen molar-refractivity contribution in [3.63, 3.8) is 0 Å². The van der Waals surface area contributed by atoms with Gasteiger partial charge in [-0.1, -0.05) is 12.1 Å². The Kier molecular flexibility index (Phi) is 4.24. The molecule has 0 saturated carbocycles. The van der Waals surface area contributed by atoms with Crippen LogP contribution in [0.25, 0.3) is 0 Å². The van der Waals surface area contributed by atoms with Gasteiger partial charge in [0.25, 0.3) is 0 Å². The number of benzene rings is 2. The predicted molar refractivity (Wildman–Crippen MR) is 90.2 cm³/mol. The first kappa shape index (κ1) is 15.4. The van der Waals surface area contributed by atoms with E-state index in [1.54, 1.807) is 7.11 Å². The summed E-state index contributed by atoms with van der Waals surface area (Å²) in [5.41, 5.74) is 4.06. The molecule has 1 heterocycles. The van der Waals surface area contributed by atoms with Gasteiger partial charge >= 0.3 is 0 Å². The van der Waals surface area contributed by atoms with Gasteiger partial charge in [0.05, 0.1) is 13.0 Å². The Labute approximate surface area is 136 Å². The Balaban J connectivity index is 1.75. The quantitative estimate of drug-likeness (QED) is 0.943. The Morgan fingerprint density at radius 1 is 1.22 bits per heavy atom. The molecule has 1 atom stereocenters. The topological polar surface area (TPSA) is 47.6 Å². The molecule has 4 heteroatoms. The highest BCUT2D eigenvalue weighted by Crippen LogP contribution is 2.31. The van der Waals surface area contributed by atoms with Crippen LogP contribution in [0.3, 0.4) is 0 Å². The molecule has 1 unspecified atom stereocenters. The number of methoxy groups -OCH3 is 1. The lowest BCUT2D eigenvalue weighted by atomic mass is 9.95. The summed E-state index contributed by atoms with van der Waals surface area (Å²) in [4.78, 5) is 12.6. The van der Waals surface area contributed by atoms with Gasteiger partial charge in [-0.2, -0.15) is 0 Å². The summed E-state index contributed by atoms with van der Waals surface area (Å²) in [5.74, 6) is 1.41. The van der Waals surface area contributed by atoms with Gasteiger partial charge in [0.2, 0.25) is 5.91 Å². The summed E-state index contributed by atoms with van der Waals surface area (Å²) in [6, 6.07) is 11.8. The van der Waals surface area contributed by atoms with Crippen LogP contribution in [0.15, 0.2) is 36.4 Å². The normalized spacial score (nSPS) is 16.2. The van der Waals surface area contributed by atoms with Crippen LogP contribution in [0.1, 0.15) is 16.7 Å². The maximum Gasteiger partial charge on any atom is 0.231 e. The second kappa shape index (κ2) is 6.32. The van der Waals surface area contributed by atoms with Crippen LogP contribution in [-0.2, 0) is 11.2 Å². The van der Waals surface area contributed by atoms with E-state index in [2.05, 4.69) is 5.32 Å². The summed E-state index contributed by atoms with van der Waals surface area (Å²) in [6.07, 6.45) is 0.656. The molecule has 0 aromatic heterocycles. The van der Waals surface area contributed by atoms with Gasteiger partial charge in [0.15, 0.2) is 0 Å². The van der Waals surface area contributed by atoms with Gasteiger partial charge in [-0.05, 0) is 61.2 Å². The Morgan fingerprint density at radius 3 is 2.83 bits per heavy atom. The Hall–Kier alpha value is -2.49. The minimum Gasteiger partial charge on any atom is -0.497 e. The molecule has 120 valence electrons. The van der Waals surface area contributed by atoms with Gasteiger partial charge < -0.3 is 14.8 Å². The van der Waals surface area contributed by atoms with Crippen LogP contribution in [-0.4, -0.2) is 19.6 Å². The number of anilines is 1. The van der Waals surface area contributed by atoms with E-state index in [0.717, 1.165) is 33.9 Å². The van der Waals surface area contributed by atoms with Crippen LogP contribution in [0.5, 0.6) is 11.5 Å². The maximum atomic E-state index is 12.6. The van der Waals surface area contributed by atoms with Crippen molar-refractivity contribution in [2.24, 2.45) is 5.92 Å².